The van der Waals surface area contributed by atoms with Crippen LogP contribution < -0.4 is 5.32 Å². The summed E-state index contributed by atoms with van der Waals surface area (Å²) < 4.78 is 12.7. The summed E-state index contributed by atoms with van der Waals surface area (Å²) in [7, 11) is 0.0968. The van der Waals surface area contributed by atoms with Crippen LogP contribution >= 0.6 is 0 Å². The summed E-state index contributed by atoms with van der Waals surface area (Å²) in [5, 5.41) is 13.0. The number of hydrogen-bond donors (Lipinski definition) is 2. The summed E-state index contributed by atoms with van der Waals surface area (Å²) in [5.41, 5.74) is 0.562. The maximum atomic E-state index is 11.7. The minimum absolute atomic E-state index is 0.0798. The van der Waals surface area contributed by atoms with Crippen molar-refractivity contribution in [2.24, 2.45) is 5.92 Å². The Bertz CT molecular complexity index is 677. The van der Waals surface area contributed by atoms with Gasteiger partial charge in [0.1, 0.15) is 22.8 Å². The van der Waals surface area contributed by atoms with Crippen LogP contribution in [-0.2, 0) is 26.9 Å². The molecule has 0 spiro atoms. The molecule has 0 saturated heterocycles. The van der Waals surface area contributed by atoms with Gasteiger partial charge in [-0.05, 0) is 33.8 Å². The number of carbonyl (C=O) groups is 2. The summed E-state index contributed by atoms with van der Waals surface area (Å²) in [6.45, 7) is 17.5. The fourth-order valence-corrected chi connectivity index (χ4v) is 6.21. The molecule has 0 unspecified atom stereocenters. The Kier molecular flexibility index (Phi) is 10.3. The van der Waals surface area contributed by atoms with E-state index >= 15 is 0 Å². The maximum Gasteiger partial charge on any atom is 0.411 e. The van der Waals surface area contributed by atoms with Gasteiger partial charge in [0, 0.05) is 29.6 Å². The second-order valence-corrected chi connectivity index (χ2v) is 10.8. The van der Waals surface area contributed by atoms with Gasteiger partial charge in [-0.15, -0.1) is 0 Å². The first-order valence-electron chi connectivity index (χ1n) is 9.88. The SMILES string of the molecule is C=CCOC(=O)Nc1cc(C(=O)O)n(CCO[C@H](C(C)C)[S+](C(C)C)C(C)C)c1. The number of anilines is 1. The zero-order valence-corrected chi connectivity index (χ0v) is 19.1. The van der Waals surface area contributed by atoms with Crippen LogP contribution in [0.15, 0.2) is 24.9 Å². The van der Waals surface area contributed by atoms with Gasteiger partial charge in [-0.25, -0.2) is 9.59 Å². The van der Waals surface area contributed by atoms with Gasteiger partial charge < -0.3 is 19.1 Å². The van der Waals surface area contributed by atoms with E-state index in [-0.39, 0.29) is 28.6 Å². The fourth-order valence-electron chi connectivity index (χ4n) is 3.16. The number of carboxylic acid groups (broad SMARTS) is 1. The average Bonchev–Trinajstić information content (AvgIpc) is 3.01. The van der Waals surface area contributed by atoms with Gasteiger partial charge in [0.15, 0.2) is 0 Å². The predicted octanol–water partition coefficient (Wildman–Crippen LogP) is 4.35. The minimum atomic E-state index is -1.07. The molecule has 0 bridgehead atoms. The molecule has 1 aromatic heterocycles. The molecule has 0 radical (unpaired) electrons. The molecule has 29 heavy (non-hydrogen) atoms. The number of amides is 1. The minimum Gasteiger partial charge on any atom is -0.477 e. The largest absolute Gasteiger partial charge is 0.477 e. The summed E-state index contributed by atoms with van der Waals surface area (Å²) in [6, 6.07) is 1.41. The number of aromatic nitrogens is 1. The van der Waals surface area contributed by atoms with Gasteiger partial charge in [-0.1, -0.05) is 26.5 Å². The standard InChI is InChI=1S/C21H34N2O5S/c1-8-10-28-21(26)22-17-12-18(19(24)25)23(13-17)9-11-27-20(14(2)3)29(15(4)5)16(6)7/h8,12-16,20H,1,9-11H2,2-7H3,(H-,22,24,25,26)/p+1/t20-/m0/s1. The Morgan fingerprint density at radius 2 is 1.86 bits per heavy atom. The zero-order chi connectivity index (χ0) is 22.1. The molecule has 1 aromatic rings. The van der Waals surface area contributed by atoms with E-state index < -0.39 is 12.1 Å². The molecule has 0 aliphatic heterocycles. The number of rotatable bonds is 12. The van der Waals surface area contributed by atoms with E-state index in [1.807, 2.05) is 0 Å². The lowest BCUT2D eigenvalue weighted by atomic mass is 10.2. The van der Waals surface area contributed by atoms with Crippen molar-refractivity contribution in [2.45, 2.75) is 64.0 Å². The van der Waals surface area contributed by atoms with Crippen LogP contribution in [0.4, 0.5) is 10.5 Å². The fraction of sp³-hybridized carbons (Fsp3) is 0.619. The number of nitrogens with zero attached hydrogens (tertiary/aromatic N) is 1. The third kappa shape index (κ3) is 7.78. The van der Waals surface area contributed by atoms with Crippen molar-refractivity contribution >= 4 is 28.6 Å². The quantitative estimate of drug-likeness (QED) is 0.382. The number of aromatic carboxylic acids is 1. The third-order valence-electron chi connectivity index (χ3n) is 4.21. The zero-order valence-electron chi connectivity index (χ0n) is 18.3. The van der Waals surface area contributed by atoms with Gasteiger partial charge in [0.2, 0.25) is 5.44 Å². The highest BCUT2D eigenvalue weighted by molar-refractivity contribution is 7.98. The van der Waals surface area contributed by atoms with E-state index in [2.05, 4.69) is 53.4 Å². The van der Waals surface area contributed by atoms with E-state index in [0.29, 0.717) is 35.3 Å². The maximum absolute atomic E-state index is 11.7. The smallest absolute Gasteiger partial charge is 0.411 e. The molecule has 1 amide bonds. The van der Waals surface area contributed by atoms with Crippen molar-refractivity contribution in [1.29, 1.82) is 0 Å². The Labute approximate surface area is 176 Å². The summed E-state index contributed by atoms with van der Waals surface area (Å²) in [4.78, 5) is 23.2. The molecular weight excluding hydrogens is 392 g/mol. The van der Waals surface area contributed by atoms with Gasteiger partial charge >= 0.3 is 12.1 Å². The van der Waals surface area contributed by atoms with E-state index in [9.17, 15) is 14.7 Å². The van der Waals surface area contributed by atoms with E-state index in [1.54, 1.807) is 10.8 Å². The molecule has 1 heterocycles. The summed E-state index contributed by atoms with van der Waals surface area (Å²) in [5.74, 6) is -0.703. The van der Waals surface area contributed by atoms with Crippen LogP contribution in [-0.4, -0.2) is 50.9 Å². The normalized spacial score (nSPS) is 12.6. The van der Waals surface area contributed by atoms with Crippen molar-refractivity contribution in [3.05, 3.63) is 30.6 Å². The first-order chi connectivity index (χ1) is 13.6. The molecule has 0 aliphatic rings. The monoisotopic (exact) mass is 427 g/mol. The molecule has 0 fully saturated rings. The van der Waals surface area contributed by atoms with Gasteiger partial charge in [0.25, 0.3) is 0 Å². The number of ether oxygens (including phenoxy) is 2. The Morgan fingerprint density at radius 1 is 1.24 bits per heavy atom. The van der Waals surface area contributed by atoms with Crippen LogP contribution in [0.25, 0.3) is 0 Å². The van der Waals surface area contributed by atoms with Crippen molar-refractivity contribution < 1.29 is 24.2 Å². The van der Waals surface area contributed by atoms with Gasteiger partial charge in [-0.3, -0.25) is 5.32 Å². The molecule has 2 N–H and O–H groups in total. The Hall–Kier alpha value is -1.93. The molecule has 0 aliphatic carbocycles. The molecule has 1 atom stereocenters. The Balaban J connectivity index is 2.84. The third-order valence-corrected chi connectivity index (χ3v) is 7.60. The van der Waals surface area contributed by atoms with Crippen LogP contribution in [0.1, 0.15) is 52.0 Å². The first-order valence-corrected chi connectivity index (χ1v) is 11.3. The highest BCUT2D eigenvalue weighted by Crippen LogP contribution is 2.25. The van der Waals surface area contributed by atoms with Crippen LogP contribution in [0.3, 0.4) is 0 Å². The second-order valence-electron chi connectivity index (χ2n) is 7.61. The summed E-state index contributed by atoms with van der Waals surface area (Å²) in [6.07, 6.45) is 2.38. The highest BCUT2D eigenvalue weighted by Gasteiger charge is 2.39. The van der Waals surface area contributed by atoms with E-state index in [1.165, 1.54) is 12.1 Å². The lowest BCUT2D eigenvalue weighted by molar-refractivity contribution is 0.0654. The number of nitrogens with one attached hydrogen (secondary N) is 1. The van der Waals surface area contributed by atoms with Crippen molar-refractivity contribution in [3.63, 3.8) is 0 Å². The lowest BCUT2D eigenvalue weighted by Gasteiger charge is -2.27. The molecule has 0 aromatic carbocycles. The number of carbonyl (C=O) groups excluding carboxylic acids is 1. The number of carboxylic acids is 1. The second kappa shape index (κ2) is 11.9. The number of hydrogen-bond acceptors (Lipinski definition) is 4. The van der Waals surface area contributed by atoms with E-state index in [4.69, 9.17) is 9.47 Å². The molecular formula is C21H35N2O5S+. The molecule has 7 nitrogen and oxygen atoms in total. The highest BCUT2D eigenvalue weighted by atomic mass is 32.2. The van der Waals surface area contributed by atoms with Gasteiger partial charge in [0.05, 0.1) is 12.3 Å². The van der Waals surface area contributed by atoms with Crippen LogP contribution in [0, 0.1) is 5.92 Å². The predicted molar refractivity (Wildman–Crippen MR) is 119 cm³/mol. The van der Waals surface area contributed by atoms with Crippen LogP contribution in [0.2, 0.25) is 0 Å². The Morgan fingerprint density at radius 3 is 2.34 bits per heavy atom. The average molecular weight is 428 g/mol. The van der Waals surface area contributed by atoms with Crippen molar-refractivity contribution in [1.82, 2.24) is 4.57 Å². The lowest BCUT2D eigenvalue weighted by Crippen LogP contribution is -2.41. The first kappa shape index (κ1) is 25.1. The topological polar surface area (TPSA) is 89.8 Å². The molecule has 0 saturated carbocycles. The molecule has 1 rings (SSSR count). The molecule has 164 valence electrons. The van der Waals surface area contributed by atoms with Crippen LogP contribution in [0.5, 0.6) is 0 Å². The molecule has 8 heteroatoms. The summed E-state index contributed by atoms with van der Waals surface area (Å²) >= 11 is 0. The van der Waals surface area contributed by atoms with Gasteiger partial charge in [-0.2, -0.15) is 0 Å². The van der Waals surface area contributed by atoms with E-state index in [0.717, 1.165) is 0 Å². The van der Waals surface area contributed by atoms with Crippen molar-refractivity contribution in [3.8, 4) is 0 Å². The van der Waals surface area contributed by atoms with Crippen molar-refractivity contribution in [2.75, 3.05) is 18.5 Å².